The van der Waals surface area contributed by atoms with Crippen LogP contribution in [0.4, 0.5) is 11.4 Å². The predicted molar refractivity (Wildman–Crippen MR) is 151 cm³/mol. The minimum atomic E-state index is -0.126. The third kappa shape index (κ3) is 4.54. The summed E-state index contributed by atoms with van der Waals surface area (Å²) in [5.74, 6) is 0. The standard InChI is InChI=1S/C28H25BrN4OS/c1-19-9-15-23(16-10-19)32-25(21-11-13-22(29)14-12-21)18-35-26(32)17-30-27-20(2)31(3)33(28(27)34)24-7-5-4-6-8-24/h4-18,26H,1-3H3/b30-17-. The third-order valence-corrected chi connectivity index (χ3v) is 7.64. The molecule has 176 valence electrons. The van der Waals surface area contributed by atoms with Crippen molar-refractivity contribution in [3.05, 3.63) is 116 Å². The van der Waals surface area contributed by atoms with Crippen LogP contribution in [0.15, 0.2) is 98.5 Å². The maximum atomic E-state index is 13.3. The molecule has 7 heteroatoms. The smallest absolute Gasteiger partial charge is 0.297 e. The Balaban J connectivity index is 1.52. The summed E-state index contributed by atoms with van der Waals surface area (Å²) in [6.45, 7) is 4.02. The molecule has 1 atom stereocenters. The van der Waals surface area contributed by atoms with E-state index in [9.17, 15) is 4.79 Å². The van der Waals surface area contributed by atoms with Crippen LogP contribution in [0, 0.1) is 13.8 Å². The Kier molecular flexibility index (Phi) is 6.54. The lowest BCUT2D eigenvalue weighted by Crippen LogP contribution is -2.28. The lowest BCUT2D eigenvalue weighted by molar-refractivity contribution is 0.630. The third-order valence-electron chi connectivity index (χ3n) is 6.14. The maximum Gasteiger partial charge on any atom is 0.297 e. The van der Waals surface area contributed by atoms with Crippen molar-refractivity contribution in [1.29, 1.82) is 0 Å². The van der Waals surface area contributed by atoms with Gasteiger partial charge in [0.25, 0.3) is 5.56 Å². The molecule has 1 aliphatic heterocycles. The fraction of sp³-hybridized carbons (Fsp3) is 0.143. The first-order valence-corrected chi connectivity index (χ1v) is 13.0. The zero-order valence-electron chi connectivity index (χ0n) is 19.7. The molecule has 0 amide bonds. The molecule has 0 aliphatic carbocycles. The van der Waals surface area contributed by atoms with E-state index >= 15 is 0 Å². The second-order valence-corrected chi connectivity index (χ2v) is 10.3. The lowest BCUT2D eigenvalue weighted by atomic mass is 10.1. The van der Waals surface area contributed by atoms with E-state index in [2.05, 4.69) is 81.7 Å². The van der Waals surface area contributed by atoms with Crippen molar-refractivity contribution in [1.82, 2.24) is 9.36 Å². The first-order chi connectivity index (χ1) is 16.9. The van der Waals surface area contributed by atoms with E-state index in [1.54, 1.807) is 16.4 Å². The molecule has 2 heterocycles. The minimum Gasteiger partial charge on any atom is -0.323 e. The van der Waals surface area contributed by atoms with Crippen molar-refractivity contribution in [2.45, 2.75) is 19.2 Å². The van der Waals surface area contributed by atoms with Crippen LogP contribution in [-0.4, -0.2) is 21.0 Å². The van der Waals surface area contributed by atoms with E-state index < -0.39 is 0 Å². The van der Waals surface area contributed by atoms with Gasteiger partial charge >= 0.3 is 0 Å². The highest BCUT2D eigenvalue weighted by Crippen LogP contribution is 2.40. The number of aliphatic imine (C=N–C) groups is 1. The van der Waals surface area contributed by atoms with Crippen molar-refractivity contribution >= 4 is 51.0 Å². The molecule has 1 aliphatic rings. The molecule has 0 bridgehead atoms. The second-order valence-electron chi connectivity index (χ2n) is 8.43. The van der Waals surface area contributed by atoms with E-state index in [4.69, 9.17) is 4.99 Å². The lowest BCUT2D eigenvalue weighted by Gasteiger charge is -2.27. The Morgan fingerprint density at radius 1 is 0.914 bits per heavy atom. The van der Waals surface area contributed by atoms with E-state index in [-0.39, 0.29) is 10.9 Å². The number of aryl methyl sites for hydroxylation is 1. The van der Waals surface area contributed by atoms with E-state index in [0.29, 0.717) is 5.69 Å². The van der Waals surface area contributed by atoms with Gasteiger partial charge in [0.2, 0.25) is 0 Å². The zero-order chi connectivity index (χ0) is 24.5. The van der Waals surface area contributed by atoms with Crippen molar-refractivity contribution < 1.29 is 0 Å². The molecule has 5 rings (SSSR count). The van der Waals surface area contributed by atoms with Gasteiger partial charge in [0.05, 0.1) is 17.1 Å². The summed E-state index contributed by atoms with van der Waals surface area (Å²) >= 11 is 5.21. The number of anilines is 1. The molecule has 5 nitrogen and oxygen atoms in total. The summed E-state index contributed by atoms with van der Waals surface area (Å²) in [4.78, 5) is 20.3. The number of thioether (sulfide) groups is 1. The molecule has 1 aromatic heterocycles. The average molecular weight is 546 g/mol. The van der Waals surface area contributed by atoms with Crippen LogP contribution in [0.2, 0.25) is 0 Å². The Hall–Kier alpha value is -3.29. The van der Waals surface area contributed by atoms with Crippen LogP contribution in [0.25, 0.3) is 11.4 Å². The normalized spacial score (nSPS) is 15.7. The molecule has 1 unspecified atom stereocenters. The molecule has 4 aromatic rings. The number of nitrogens with zero attached hydrogens (tertiary/aromatic N) is 4. The van der Waals surface area contributed by atoms with Gasteiger partial charge in [-0.25, -0.2) is 4.68 Å². The monoisotopic (exact) mass is 544 g/mol. The number of hydrogen-bond acceptors (Lipinski definition) is 4. The van der Waals surface area contributed by atoms with Crippen molar-refractivity contribution in [2.75, 3.05) is 4.90 Å². The van der Waals surface area contributed by atoms with Gasteiger partial charge in [0.1, 0.15) is 5.37 Å². The van der Waals surface area contributed by atoms with Gasteiger partial charge < -0.3 is 4.90 Å². The van der Waals surface area contributed by atoms with Crippen LogP contribution >= 0.6 is 27.7 Å². The molecule has 3 aromatic carbocycles. The van der Waals surface area contributed by atoms with E-state index in [1.807, 2.05) is 55.2 Å². The molecule has 35 heavy (non-hydrogen) atoms. The Morgan fingerprint density at radius 3 is 2.29 bits per heavy atom. The Morgan fingerprint density at radius 2 is 1.60 bits per heavy atom. The highest BCUT2D eigenvalue weighted by atomic mass is 79.9. The van der Waals surface area contributed by atoms with Crippen molar-refractivity contribution in [3.8, 4) is 5.69 Å². The maximum absolute atomic E-state index is 13.3. The van der Waals surface area contributed by atoms with Gasteiger partial charge in [-0.1, -0.05) is 64.0 Å². The topological polar surface area (TPSA) is 42.5 Å². The minimum absolute atomic E-state index is 0.0828. The highest BCUT2D eigenvalue weighted by Gasteiger charge is 2.28. The molecular weight excluding hydrogens is 520 g/mol. The molecule has 0 spiro atoms. The summed E-state index contributed by atoms with van der Waals surface area (Å²) in [6.07, 6.45) is 1.88. The second kappa shape index (κ2) is 9.76. The molecule has 0 fully saturated rings. The molecule has 0 saturated carbocycles. The SMILES string of the molecule is Cc1ccc(N2C(c3ccc(Br)cc3)=CSC2/C=N\c2c(C)n(C)n(-c3ccccc3)c2=O)cc1. The fourth-order valence-electron chi connectivity index (χ4n) is 4.15. The number of halogens is 1. The van der Waals surface area contributed by atoms with Crippen molar-refractivity contribution in [3.63, 3.8) is 0 Å². The summed E-state index contributed by atoms with van der Waals surface area (Å²) in [5.41, 5.74) is 6.49. The molecule has 0 N–H and O–H groups in total. The largest absolute Gasteiger partial charge is 0.323 e. The van der Waals surface area contributed by atoms with Crippen LogP contribution in [0.5, 0.6) is 0 Å². The summed E-state index contributed by atoms with van der Waals surface area (Å²) in [5, 5.41) is 2.08. The highest BCUT2D eigenvalue weighted by molar-refractivity contribution is 9.10. The average Bonchev–Trinajstić information content (AvgIpc) is 3.38. The molecular formula is C28H25BrN4OS. The van der Waals surface area contributed by atoms with Gasteiger partial charge in [-0.3, -0.25) is 14.5 Å². The Labute approximate surface area is 217 Å². The van der Waals surface area contributed by atoms with Crippen LogP contribution in [-0.2, 0) is 7.05 Å². The van der Waals surface area contributed by atoms with Gasteiger partial charge in [0.15, 0.2) is 5.69 Å². The van der Waals surface area contributed by atoms with Crippen LogP contribution < -0.4 is 10.5 Å². The molecule has 0 saturated heterocycles. The fourth-order valence-corrected chi connectivity index (χ4v) is 5.42. The first-order valence-electron chi connectivity index (χ1n) is 11.3. The summed E-state index contributed by atoms with van der Waals surface area (Å²) < 4.78 is 4.56. The summed E-state index contributed by atoms with van der Waals surface area (Å²) in [7, 11) is 1.89. The predicted octanol–water partition coefficient (Wildman–Crippen LogP) is 6.84. The van der Waals surface area contributed by atoms with Gasteiger partial charge in [-0.2, -0.15) is 0 Å². The molecule has 0 radical (unpaired) electrons. The first kappa shape index (κ1) is 23.5. The van der Waals surface area contributed by atoms with E-state index in [1.165, 1.54) is 5.56 Å². The number of benzene rings is 3. The number of rotatable bonds is 5. The van der Waals surface area contributed by atoms with E-state index in [0.717, 1.165) is 32.8 Å². The Bertz CT molecular complexity index is 1470. The van der Waals surface area contributed by atoms with Gasteiger partial charge in [-0.15, -0.1) is 11.8 Å². The van der Waals surface area contributed by atoms with Crippen molar-refractivity contribution in [2.24, 2.45) is 12.0 Å². The van der Waals surface area contributed by atoms with Crippen LogP contribution in [0.3, 0.4) is 0 Å². The number of hydrogen-bond donors (Lipinski definition) is 0. The van der Waals surface area contributed by atoms with Gasteiger partial charge in [-0.05, 0) is 61.2 Å². The summed E-state index contributed by atoms with van der Waals surface area (Å²) in [6, 6.07) is 26.5. The van der Waals surface area contributed by atoms with Gasteiger partial charge in [0, 0.05) is 23.4 Å². The zero-order valence-corrected chi connectivity index (χ0v) is 22.1. The number of aromatic nitrogens is 2. The quantitative estimate of drug-likeness (QED) is 0.258. The van der Waals surface area contributed by atoms with Crippen LogP contribution in [0.1, 0.15) is 16.8 Å². The number of para-hydroxylation sites is 1.